The van der Waals surface area contributed by atoms with Gasteiger partial charge in [0.15, 0.2) is 0 Å². The van der Waals surface area contributed by atoms with Crippen molar-refractivity contribution in [3.05, 3.63) is 0 Å². The second kappa shape index (κ2) is 8.93. The summed E-state index contributed by atoms with van der Waals surface area (Å²) >= 11 is 0. The molecule has 0 radical (unpaired) electrons. The van der Waals surface area contributed by atoms with E-state index >= 15 is 0 Å². The van der Waals surface area contributed by atoms with E-state index in [-0.39, 0.29) is 0 Å². The number of nitrogens with zero attached hydrogens (tertiary/aromatic N) is 1. The van der Waals surface area contributed by atoms with Gasteiger partial charge in [-0.3, -0.25) is 0 Å². The van der Waals surface area contributed by atoms with Crippen molar-refractivity contribution in [2.75, 3.05) is 32.7 Å². The van der Waals surface area contributed by atoms with Crippen molar-refractivity contribution in [3.8, 4) is 0 Å². The number of hydrogen-bond acceptors (Lipinski definition) is 2. The molecule has 2 heteroatoms. The van der Waals surface area contributed by atoms with Gasteiger partial charge in [-0.2, -0.15) is 0 Å². The highest BCUT2D eigenvalue weighted by Crippen LogP contribution is 2.23. The van der Waals surface area contributed by atoms with Crippen molar-refractivity contribution in [1.29, 1.82) is 0 Å². The smallest absolute Gasteiger partial charge is 0.000262 e. The van der Waals surface area contributed by atoms with Crippen LogP contribution in [0.3, 0.4) is 0 Å². The molecule has 2 nitrogen and oxygen atoms in total. The summed E-state index contributed by atoms with van der Waals surface area (Å²) in [6.07, 6.45) is 2.56. The summed E-state index contributed by atoms with van der Waals surface area (Å²) in [5.74, 6) is 0.794. The average Bonchev–Trinajstić information content (AvgIpc) is 2.21. The predicted molar refractivity (Wildman–Crippen MR) is 78.5 cm³/mol. The lowest BCUT2D eigenvalue weighted by molar-refractivity contribution is 0.264. The lowest BCUT2D eigenvalue weighted by Crippen LogP contribution is -2.33. The van der Waals surface area contributed by atoms with Crippen LogP contribution in [0.25, 0.3) is 0 Å². The van der Waals surface area contributed by atoms with E-state index < -0.39 is 0 Å². The zero-order valence-corrected chi connectivity index (χ0v) is 13.0. The number of nitrogens with one attached hydrogen (secondary N) is 1. The summed E-state index contributed by atoms with van der Waals surface area (Å²) in [5, 5.41) is 3.61. The molecule has 0 spiro atoms. The fourth-order valence-electron chi connectivity index (χ4n) is 2.57. The van der Waals surface area contributed by atoms with Crippen LogP contribution in [0.2, 0.25) is 0 Å². The lowest BCUT2D eigenvalue weighted by atomic mass is 9.84. The van der Waals surface area contributed by atoms with Crippen molar-refractivity contribution >= 4 is 0 Å². The van der Waals surface area contributed by atoms with E-state index in [0.29, 0.717) is 5.41 Å². The van der Waals surface area contributed by atoms with Gasteiger partial charge in [0.05, 0.1) is 0 Å². The first-order valence-corrected chi connectivity index (χ1v) is 7.34. The molecule has 0 rings (SSSR count). The molecule has 0 saturated heterocycles. The average molecular weight is 242 g/mol. The summed E-state index contributed by atoms with van der Waals surface area (Å²) in [7, 11) is 0. The second-order valence-electron chi connectivity index (χ2n) is 6.32. The highest BCUT2D eigenvalue weighted by atomic mass is 15.1. The molecule has 0 aromatic heterocycles. The van der Waals surface area contributed by atoms with Gasteiger partial charge in [0.25, 0.3) is 0 Å². The Kier molecular flexibility index (Phi) is 8.89. The van der Waals surface area contributed by atoms with Crippen LogP contribution in [-0.4, -0.2) is 37.6 Å². The van der Waals surface area contributed by atoms with E-state index in [9.17, 15) is 0 Å². The third kappa shape index (κ3) is 9.61. The molecule has 0 heterocycles. The summed E-state index contributed by atoms with van der Waals surface area (Å²) in [6.45, 7) is 19.7. The van der Waals surface area contributed by atoms with E-state index in [1.807, 2.05) is 0 Å². The Morgan fingerprint density at radius 2 is 1.71 bits per heavy atom. The molecule has 0 saturated carbocycles. The molecule has 1 N–H and O–H groups in total. The molecular weight excluding hydrogens is 208 g/mol. The minimum absolute atomic E-state index is 0.434. The predicted octanol–water partition coefficient (Wildman–Crippen LogP) is 3.38. The Balaban J connectivity index is 3.56. The van der Waals surface area contributed by atoms with Crippen molar-refractivity contribution in [2.45, 2.75) is 54.4 Å². The van der Waals surface area contributed by atoms with Gasteiger partial charge < -0.3 is 10.2 Å². The van der Waals surface area contributed by atoms with Gasteiger partial charge in [-0.05, 0) is 50.4 Å². The maximum Gasteiger partial charge on any atom is 0.000262 e. The topological polar surface area (TPSA) is 15.3 Å². The van der Waals surface area contributed by atoms with Crippen LogP contribution >= 0.6 is 0 Å². The standard InChI is InChI=1S/C15H34N2/c1-7-17(8-2)11-9-10-16-13-15(5,6)12-14(3)4/h14,16H,7-13H2,1-6H3. The van der Waals surface area contributed by atoms with E-state index in [2.05, 4.69) is 51.8 Å². The van der Waals surface area contributed by atoms with Gasteiger partial charge in [0.2, 0.25) is 0 Å². The normalized spacial score (nSPS) is 12.7. The number of rotatable bonds is 10. The van der Waals surface area contributed by atoms with Crippen LogP contribution in [-0.2, 0) is 0 Å². The monoisotopic (exact) mass is 242 g/mol. The summed E-state index contributed by atoms with van der Waals surface area (Å²) in [5.41, 5.74) is 0.434. The van der Waals surface area contributed by atoms with Gasteiger partial charge >= 0.3 is 0 Å². The van der Waals surface area contributed by atoms with Crippen LogP contribution in [0.5, 0.6) is 0 Å². The molecule has 0 aliphatic carbocycles. The van der Waals surface area contributed by atoms with Crippen molar-refractivity contribution in [3.63, 3.8) is 0 Å². The highest BCUT2D eigenvalue weighted by molar-refractivity contribution is 4.73. The summed E-state index contributed by atoms with van der Waals surface area (Å²) in [4.78, 5) is 2.49. The molecule has 0 aromatic rings. The first-order valence-electron chi connectivity index (χ1n) is 7.34. The third-order valence-electron chi connectivity index (χ3n) is 3.29. The van der Waals surface area contributed by atoms with E-state index in [0.717, 1.165) is 19.0 Å². The van der Waals surface area contributed by atoms with Gasteiger partial charge in [0.1, 0.15) is 0 Å². The molecule has 0 aliphatic rings. The SMILES string of the molecule is CCN(CC)CCCNCC(C)(C)CC(C)C. The van der Waals surface area contributed by atoms with Gasteiger partial charge in [-0.25, -0.2) is 0 Å². The molecule has 17 heavy (non-hydrogen) atoms. The third-order valence-corrected chi connectivity index (χ3v) is 3.29. The second-order valence-corrected chi connectivity index (χ2v) is 6.32. The Morgan fingerprint density at radius 3 is 2.18 bits per heavy atom. The van der Waals surface area contributed by atoms with Crippen LogP contribution in [0, 0.1) is 11.3 Å². The Bertz CT molecular complexity index is 172. The van der Waals surface area contributed by atoms with E-state index in [1.54, 1.807) is 0 Å². The quantitative estimate of drug-likeness (QED) is 0.591. The van der Waals surface area contributed by atoms with E-state index in [1.165, 1.54) is 32.5 Å². The molecule has 0 bridgehead atoms. The van der Waals surface area contributed by atoms with Gasteiger partial charge in [-0.1, -0.05) is 41.5 Å². The largest absolute Gasteiger partial charge is 0.316 e. The molecule has 104 valence electrons. The van der Waals surface area contributed by atoms with Crippen LogP contribution in [0.4, 0.5) is 0 Å². The minimum atomic E-state index is 0.434. The summed E-state index contributed by atoms with van der Waals surface area (Å²) in [6, 6.07) is 0. The summed E-state index contributed by atoms with van der Waals surface area (Å²) < 4.78 is 0. The van der Waals surface area contributed by atoms with Crippen LogP contribution < -0.4 is 5.32 Å². The lowest BCUT2D eigenvalue weighted by Gasteiger charge is -2.27. The minimum Gasteiger partial charge on any atom is -0.316 e. The van der Waals surface area contributed by atoms with Crippen molar-refractivity contribution < 1.29 is 0 Å². The Hall–Kier alpha value is -0.0800. The first-order chi connectivity index (χ1) is 7.91. The molecule has 0 amide bonds. The van der Waals surface area contributed by atoms with Crippen LogP contribution in [0.1, 0.15) is 54.4 Å². The van der Waals surface area contributed by atoms with Gasteiger partial charge in [0, 0.05) is 6.54 Å². The maximum atomic E-state index is 3.61. The molecule has 0 aromatic carbocycles. The fourth-order valence-corrected chi connectivity index (χ4v) is 2.57. The molecular formula is C15H34N2. The molecule has 0 unspecified atom stereocenters. The molecule has 0 aliphatic heterocycles. The zero-order valence-electron chi connectivity index (χ0n) is 13.0. The maximum absolute atomic E-state index is 3.61. The molecule has 0 atom stereocenters. The number of hydrogen-bond donors (Lipinski definition) is 1. The van der Waals surface area contributed by atoms with Gasteiger partial charge in [-0.15, -0.1) is 0 Å². The Morgan fingerprint density at radius 1 is 1.12 bits per heavy atom. The molecule has 0 fully saturated rings. The fraction of sp³-hybridized carbons (Fsp3) is 1.00. The van der Waals surface area contributed by atoms with Crippen molar-refractivity contribution in [2.24, 2.45) is 11.3 Å². The van der Waals surface area contributed by atoms with E-state index in [4.69, 9.17) is 0 Å². The Labute approximate surface area is 109 Å². The zero-order chi connectivity index (χ0) is 13.3. The van der Waals surface area contributed by atoms with Crippen molar-refractivity contribution in [1.82, 2.24) is 10.2 Å². The highest BCUT2D eigenvalue weighted by Gasteiger charge is 2.18. The van der Waals surface area contributed by atoms with Crippen LogP contribution in [0.15, 0.2) is 0 Å². The first kappa shape index (κ1) is 16.9.